The third kappa shape index (κ3) is 3.46. The van der Waals surface area contributed by atoms with Crippen molar-refractivity contribution in [3.05, 3.63) is 11.3 Å². The lowest BCUT2D eigenvalue weighted by Gasteiger charge is -2.34. The fraction of sp³-hybridized carbons (Fsp3) is 0.786. The average molecular weight is 314 g/mol. The minimum absolute atomic E-state index is 0.00167. The van der Waals surface area contributed by atoms with Gasteiger partial charge in [-0.15, -0.1) is 0 Å². The number of sulfonamides is 1. The van der Waals surface area contributed by atoms with Crippen LogP contribution in [0.2, 0.25) is 0 Å². The minimum Gasteiger partial charge on any atom is -0.316 e. The van der Waals surface area contributed by atoms with Gasteiger partial charge >= 0.3 is 0 Å². The maximum absolute atomic E-state index is 12.6. The fourth-order valence-corrected chi connectivity index (χ4v) is 4.60. The van der Waals surface area contributed by atoms with Crippen molar-refractivity contribution in [2.24, 2.45) is 11.8 Å². The Hall–Kier alpha value is -0.920. The molecule has 6 nitrogen and oxygen atoms in total. The maximum Gasteiger partial charge on any atom is 0.260 e. The van der Waals surface area contributed by atoms with Gasteiger partial charge < -0.3 is 5.32 Å². The summed E-state index contributed by atoms with van der Waals surface area (Å²) >= 11 is 0. The molecule has 120 valence electrons. The summed E-state index contributed by atoms with van der Waals surface area (Å²) in [7, 11) is -1.79. The SMILES string of the molecule is CNCc1c(S(=O)(=O)NC2CCCC(C)C2C)n[nH]c1C. The summed E-state index contributed by atoms with van der Waals surface area (Å²) in [6.45, 7) is 6.64. The molecule has 1 fully saturated rings. The van der Waals surface area contributed by atoms with E-state index in [2.05, 4.69) is 34.1 Å². The topological polar surface area (TPSA) is 86.9 Å². The van der Waals surface area contributed by atoms with E-state index in [0.717, 1.165) is 18.5 Å². The van der Waals surface area contributed by atoms with Gasteiger partial charge in [-0.1, -0.05) is 26.7 Å². The van der Waals surface area contributed by atoms with Crippen molar-refractivity contribution in [3.8, 4) is 0 Å². The predicted octanol–water partition coefficient (Wildman–Crippen LogP) is 1.54. The molecule has 21 heavy (non-hydrogen) atoms. The quantitative estimate of drug-likeness (QED) is 0.769. The Morgan fingerprint density at radius 2 is 2.05 bits per heavy atom. The summed E-state index contributed by atoms with van der Waals surface area (Å²) in [5.41, 5.74) is 1.50. The largest absolute Gasteiger partial charge is 0.316 e. The predicted molar refractivity (Wildman–Crippen MR) is 82.4 cm³/mol. The zero-order valence-electron chi connectivity index (χ0n) is 13.2. The molecule has 7 heteroatoms. The van der Waals surface area contributed by atoms with E-state index in [1.165, 1.54) is 6.42 Å². The fourth-order valence-electron chi connectivity index (χ4n) is 3.04. The van der Waals surface area contributed by atoms with E-state index in [1.54, 1.807) is 7.05 Å². The van der Waals surface area contributed by atoms with Gasteiger partial charge in [-0.05, 0) is 32.2 Å². The molecule has 1 saturated carbocycles. The first kappa shape index (κ1) is 16.5. The monoisotopic (exact) mass is 314 g/mol. The number of rotatable bonds is 5. The third-order valence-electron chi connectivity index (χ3n) is 4.66. The summed E-state index contributed by atoms with van der Waals surface area (Å²) < 4.78 is 28.1. The van der Waals surface area contributed by atoms with Crippen molar-refractivity contribution in [1.29, 1.82) is 0 Å². The zero-order valence-corrected chi connectivity index (χ0v) is 14.0. The summed E-state index contributed by atoms with van der Waals surface area (Å²) in [5, 5.41) is 9.89. The first-order valence-corrected chi connectivity index (χ1v) is 9.06. The van der Waals surface area contributed by atoms with Gasteiger partial charge in [0.1, 0.15) is 0 Å². The molecular weight excluding hydrogens is 288 g/mol. The minimum atomic E-state index is -3.58. The normalized spacial score (nSPS) is 27.0. The van der Waals surface area contributed by atoms with Crippen LogP contribution < -0.4 is 10.0 Å². The second kappa shape index (κ2) is 6.46. The molecule has 1 aromatic rings. The molecule has 2 rings (SSSR count). The van der Waals surface area contributed by atoms with Gasteiger partial charge in [-0.25, -0.2) is 13.1 Å². The number of aromatic nitrogens is 2. The number of H-pyrrole nitrogens is 1. The summed E-state index contributed by atoms with van der Waals surface area (Å²) in [6.07, 6.45) is 3.14. The molecule has 3 atom stereocenters. The number of nitrogens with one attached hydrogen (secondary N) is 3. The Morgan fingerprint density at radius 3 is 2.71 bits per heavy atom. The molecule has 3 unspecified atom stereocenters. The van der Waals surface area contributed by atoms with E-state index in [0.29, 0.717) is 23.9 Å². The number of hydrogen-bond donors (Lipinski definition) is 3. The van der Waals surface area contributed by atoms with Crippen molar-refractivity contribution < 1.29 is 8.42 Å². The summed E-state index contributed by atoms with van der Waals surface area (Å²) in [6, 6.07) is -0.00167. The van der Waals surface area contributed by atoms with Crippen LogP contribution in [-0.4, -0.2) is 31.7 Å². The molecule has 0 spiro atoms. The molecule has 1 aliphatic carbocycles. The van der Waals surface area contributed by atoms with Gasteiger partial charge in [0.2, 0.25) is 0 Å². The number of hydrogen-bond acceptors (Lipinski definition) is 4. The number of aromatic amines is 1. The van der Waals surface area contributed by atoms with Crippen molar-refractivity contribution in [3.63, 3.8) is 0 Å². The Balaban J connectivity index is 2.22. The lowest BCUT2D eigenvalue weighted by atomic mass is 9.78. The first-order chi connectivity index (χ1) is 9.86. The van der Waals surface area contributed by atoms with Crippen LogP contribution >= 0.6 is 0 Å². The smallest absolute Gasteiger partial charge is 0.260 e. The molecular formula is C14H26N4O2S. The molecule has 1 aromatic heterocycles. The van der Waals surface area contributed by atoms with Crippen molar-refractivity contribution in [2.75, 3.05) is 7.05 Å². The molecule has 0 radical (unpaired) electrons. The highest BCUT2D eigenvalue weighted by Crippen LogP contribution is 2.30. The standard InChI is InChI=1S/C14H26N4O2S/c1-9-6-5-7-13(10(9)2)18-21(19,20)14-12(8-15-4)11(3)16-17-14/h9-10,13,15,18H,5-8H2,1-4H3,(H,16,17). The molecule has 0 aliphatic heterocycles. The van der Waals surface area contributed by atoms with Gasteiger partial charge in [0.05, 0.1) is 0 Å². The lowest BCUT2D eigenvalue weighted by molar-refractivity contribution is 0.226. The maximum atomic E-state index is 12.6. The van der Waals surface area contributed by atoms with E-state index in [4.69, 9.17) is 0 Å². The third-order valence-corrected chi connectivity index (χ3v) is 6.12. The van der Waals surface area contributed by atoms with Crippen LogP contribution in [0.25, 0.3) is 0 Å². The Bertz CT molecular complexity index is 582. The van der Waals surface area contributed by atoms with Crippen LogP contribution in [0.4, 0.5) is 0 Å². The van der Waals surface area contributed by atoms with Gasteiger partial charge in [0.15, 0.2) is 5.03 Å². The molecule has 0 bridgehead atoms. The molecule has 0 aromatic carbocycles. The molecule has 3 N–H and O–H groups in total. The second-order valence-electron chi connectivity index (χ2n) is 6.16. The van der Waals surface area contributed by atoms with Gasteiger partial charge in [0.25, 0.3) is 10.0 Å². The van der Waals surface area contributed by atoms with Crippen molar-refractivity contribution in [1.82, 2.24) is 20.2 Å². The molecule has 1 heterocycles. The zero-order chi connectivity index (χ0) is 15.6. The second-order valence-corrected chi connectivity index (χ2v) is 7.79. The van der Waals surface area contributed by atoms with E-state index in [-0.39, 0.29) is 11.1 Å². The van der Waals surface area contributed by atoms with Crippen molar-refractivity contribution in [2.45, 2.75) is 57.6 Å². The highest BCUT2D eigenvalue weighted by molar-refractivity contribution is 7.89. The Morgan fingerprint density at radius 1 is 1.33 bits per heavy atom. The van der Waals surface area contributed by atoms with Crippen LogP contribution in [0.5, 0.6) is 0 Å². The molecule has 0 saturated heterocycles. The van der Waals surface area contributed by atoms with Crippen LogP contribution in [-0.2, 0) is 16.6 Å². The highest BCUT2D eigenvalue weighted by atomic mass is 32.2. The number of nitrogens with zero attached hydrogens (tertiary/aromatic N) is 1. The Kier molecular flexibility index (Phi) is 5.06. The lowest BCUT2D eigenvalue weighted by Crippen LogP contribution is -2.44. The van der Waals surface area contributed by atoms with Gasteiger partial charge in [-0.3, -0.25) is 5.10 Å². The number of aryl methyl sites for hydroxylation is 1. The van der Waals surface area contributed by atoms with E-state index in [9.17, 15) is 8.42 Å². The molecule has 0 amide bonds. The van der Waals surface area contributed by atoms with Crippen molar-refractivity contribution >= 4 is 10.0 Å². The van der Waals surface area contributed by atoms with E-state index in [1.807, 2.05) is 6.92 Å². The van der Waals surface area contributed by atoms with Crippen LogP contribution in [0.15, 0.2) is 5.03 Å². The first-order valence-electron chi connectivity index (χ1n) is 7.57. The Labute approximate surface area is 127 Å². The van der Waals surface area contributed by atoms with Gasteiger partial charge in [0, 0.05) is 23.8 Å². The van der Waals surface area contributed by atoms with E-state index >= 15 is 0 Å². The van der Waals surface area contributed by atoms with Gasteiger partial charge in [-0.2, -0.15) is 5.10 Å². The summed E-state index contributed by atoms with van der Waals surface area (Å²) in [5.74, 6) is 0.894. The van der Waals surface area contributed by atoms with Crippen LogP contribution in [0, 0.1) is 18.8 Å². The average Bonchev–Trinajstić information content (AvgIpc) is 2.78. The summed E-state index contributed by atoms with van der Waals surface area (Å²) in [4.78, 5) is 0. The van der Waals surface area contributed by atoms with Crippen LogP contribution in [0.3, 0.4) is 0 Å². The highest BCUT2D eigenvalue weighted by Gasteiger charge is 2.32. The van der Waals surface area contributed by atoms with E-state index < -0.39 is 10.0 Å². The molecule has 1 aliphatic rings. The van der Waals surface area contributed by atoms with Crippen LogP contribution in [0.1, 0.15) is 44.4 Å².